The monoisotopic (exact) mass is 331 g/mol. The predicted octanol–water partition coefficient (Wildman–Crippen LogP) is 2.51. The van der Waals surface area contributed by atoms with E-state index in [4.69, 9.17) is 14.6 Å². The lowest BCUT2D eigenvalue weighted by molar-refractivity contribution is 0.0702. The number of aliphatic hydroxyl groups is 1. The lowest BCUT2D eigenvalue weighted by Crippen LogP contribution is -2.19. The van der Waals surface area contributed by atoms with Crippen molar-refractivity contribution >= 4 is 15.9 Å². The molecular weight excluding hydrogens is 310 g/mol. The minimum atomic E-state index is 0.0426. The Hall–Kier alpha value is -0.620. The van der Waals surface area contributed by atoms with Gasteiger partial charge in [0.05, 0.1) is 19.8 Å². The Morgan fingerprint density at radius 2 is 2.11 bits per heavy atom. The Morgan fingerprint density at radius 1 is 1.32 bits per heavy atom. The first-order chi connectivity index (χ1) is 9.19. The summed E-state index contributed by atoms with van der Waals surface area (Å²) in [5.74, 6) is 0.865. The molecule has 1 unspecified atom stereocenters. The van der Waals surface area contributed by atoms with Crippen molar-refractivity contribution in [2.45, 2.75) is 19.9 Å². The van der Waals surface area contributed by atoms with Gasteiger partial charge in [0, 0.05) is 16.1 Å². The largest absolute Gasteiger partial charge is 0.491 e. The first-order valence-corrected chi connectivity index (χ1v) is 7.32. The first kappa shape index (κ1) is 16.4. The SMILES string of the molecule is CCNC(C)c1cc(Br)ccc1OCCOCCO. The maximum Gasteiger partial charge on any atom is 0.124 e. The molecule has 0 aliphatic carbocycles. The number of aliphatic hydroxyl groups excluding tert-OH is 1. The van der Waals surface area contributed by atoms with Crippen molar-refractivity contribution in [3.05, 3.63) is 28.2 Å². The molecule has 0 saturated heterocycles. The summed E-state index contributed by atoms with van der Waals surface area (Å²) in [6, 6.07) is 6.22. The molecule has 0 bridgehead atoms. The van der Waals surface area contributed by atoms with Crippen LogP contribution in [0, 0.1) is 0 Å². The molecule has 0 aromatic heterocycles. The molecule has 19 heavy (non-hydrogen) atoms. The highest BCUT2D eigenvalue weighted by atomic mass is 79.9. The van der Waals surface area contributed by atoms with E-state index in [9.17, 15) is 0 Å². The molecule has 1 aromatic carbocycles. The smallest absolute Gasteiger partial charge is 0.124 e. The van der Waals surface area contributed by atoms with Gasteiger partial charge in [-0.15, -0.1) is 0 Å². The minimum Gasteiger partial charge on any atom is -0.491 e. The Kier molecular flexibility index (Phi) is 8.05. The third kappa shape index (κ3) is 5.91. The van der Waals surface area contributed by atoms with E-state index in [1.165, 1.54) is 0 Å². The molecule has 4 nitrogen and oxygen atoms in total. The summed E-state index contributed by atoms with van der Waals surface area (Å²) in [4.78, 5) is 0. The van der Waals surface area contributed by atoms with Gasteiger partial charge in [-0.2, -0.15) is 0 Å². The normalized spacial score (nSPS) is 12.4. The minimum absolute atomic E-state index is 0.0426. The van der Waals surface area contributed by atoms with Gasteiger partial charge >= 0.3 is 0 Å². The third-order valence-corrected chi connectivity index (χ3v) is 3.16. The number of ether oxygens (including phenoxy) is 2. The van der Waals surface area contributed by atoms with Crippen LogP contribution in [0.25, 0.3) is 0 Å². The van der Waals surface area contributed by atoms with Crippen molar-refractivity contribution in [2.24, 2.45) is 0 Å². The van der Waals surface area contributed by atoms with Crippen molar-refractivity contribution < 1.29 is 14.6 Å². The molecule has 1 atom stereocenters. The molecular formula is C14H22BrNO3. The van der Waals surface area contributed by atoms with E-state index in [1.54, 1.807) is 0 Å². The van der Waals surface area contributed by atoms with E-state index >= 15 is 0 Å². The van der Waals surface area contributed by atoms with Crippen molar-refractivity contribution in [3.63, 3.8) is 0 Å². The van der Waals surface area contributed by atoms with Gasteiger partial charge in [0.1, 0.15) is 12.4 Å². The van der Waals surface area contributed by atoms with Crippen molar-refractivity contribution in [1.82, 2.24) is 5.32 Å². The van der Waals surface area contributed by atoms with Gasteiger partial charge in [-0.3, -0.25) is 0 Å². The summed E-state index contributed by atoms with van der Waals surface area (Å²) < 4.78 is 12.0. The summed E-state index contributed by atoms with van der Waals surface area (Å²) in [5, 5.41) is 12.0. The van der Waals surface area contributed by atoms with Crippen molar-refractivity contribution in [1.29, 1.82) is 0 Å². The molecule has 2 N–H and O–H groups in total. The van der Waals surface area contributed by atoms with E-state index in [0.717, 1.165) is 22.3 Å². The Labute approximate surface area is 123 Å². The molecule has 108 valence electrons. The quantitative estimate of drug-likeness (QED) is 0.682. The van der Waals surface area contributed by atoms with Crippen LogP contribution in [-0.2, 0) is 4.74 Å². The van der Waals surface area contributed by atoms with E-state index in [2.05, 4.69) is 41.2 Å². The lowest BCUT2D eigenvalue weighted by atomic mass is 10.1. The van der Waals surface area contributed by atoms with Crippen molar-refractivity contribution in [3.8, 4) is 5.75 Å². The number of rotatable bonds is 9. The van der Waals surface area contributed by atoms with Gasteiger partial charge in [0.2, 0.25) is 0 Å². The summed E-state index contributed by atoms with van der Waals surface area (Å²) in [5.41, 5.74) is 1.12. The topological polar surface area (TPSA) is 50.7 Å². The number of nitrogens with one attached hydrogen (secondary N) is 1. The van der Waals surface area contributed by atoms with E-state index in [-0.39, 0.29) is 12.6 Å². The number of hydrogen-bond acceptors (Lipinski definition) is 4. The number of halogens is 1. The van der Waals surface area contributed by atoms with Gasteiger partial charge in [0.15, 0.2) is 0 Å². The summed E-state index contributed by atoms with van der Waals surface area (Å²) >= 11 is 3.48. The maximum absolute atomic E-state index is 8.61. The van der Waals surface area contributed by atoms with E-state index < -0.39 is 0 Å². The molecule has 0 fully saturated rings. The molecule has 1 rings (SSSR count). The van der Waals surface area contributed by atoms with E-state index in [1.807, 2.05) is 12.1 Å². The standard InChI is InChI=1S/C14H22BrNO3/c1-3-16-11(2)13-10-12(15)4-5-14(13)19-9-8-18-7-6-17/h4-5,10-11,16-17H,3,6-9H2,1-2H3. The highest BCUT2D eigenvalue weighted by Gasteiger charge is 2.11. The van der Waals surface area contributed by atoms with E-state index in [0.29, 0.717) is 19.8 Å². The molecule has 0 aliphatic rings. The second kappa shape index (κ2) is 9.31. The summed E-state index contributed by atoms with van der Waals surface area (Å²) in [7, 11) is 0. The van der Waals surface area contributed by atoms with Gasteiger partial charge in [-0.1, -0.05) is 22.9 Å². The molecule has 0 heterocycles. The third-order valence-electron chi connectivity index (χ3n) is 2.67. The van der Waals surface area contributed by atoms with Crippen LogP contribution in [0.1, 0.15) is 25.5 Å². The number of hydrogen-bond donors (Lipinski definition) is 2. The maximum atomic E-state index is 8.61. The van der Waals surface area contributed by atoms with Gasteiger partial charge in [-0.25, -0.2) is 0 Å². The molecule has 5 heteroatoms. The second-order valence-corrected chi connectivity index (χ2v) is 5.06. The predicted molar refractivity (Wildman–Crippen MR) is 79.6 cm³/mol. The van der Waals surface area contributed by atoms with Gasteiger partial charge in [-0.05, 0) is 31.7 Å². The fraction of sp³-hybridized carbons (Fsp3) is 0.571. The van der Waals surface area contributed by atoms with Crippen LogP contribution < -0.4 is 10.1 Å². The Morgan fingerprint density at radius 3 is 2.79 bits per heavy atom. The second-order valence-electron chi connectivity index (χ2n) is 4.15. The Bertz CT molecular complexity index is 374. The highest BCUT2D eigenvalue weighted by molar-refractivity contribution is 9.10. The molecule has 0 saturated carbocycles. The Balaban J connectivity index is 2.60. The zero-order valence-electron chi connectivity index (χ0n) is 11.5. The average molecular weight is 332 g/mol. The van der Waals surface area contributed by atoms with Crippen LogP contribution in [0.4, 0.5) is 0 Å². The van der Waals surface area contributed by atoms with Gasteiger partial charge < -0.3 is 19.9 Å². The van der Waals surface area contributed by atoms with Gasteiger partial charge in [0.25, 0.3) is 0 Å². The van der Waals surface area contributed by atoms with Crippen LogP contribution >= 0.6 is 15.9 Å². The fourth-order valence-corrected chi connectivity index (χ4v) is 2.16. The van der Waals surface area contributed by atoms with Crippen LogP contribution in [0.5, 0.6) is 5.75 Å². The molecule has 0 spiro atoms. The zero-order valence-corrected chi connectivity index (χ0v) is 13.1. The first-order valence-electron chi connectivity index (χ1n) is 6.53. The zero-order chi connectivity index (χ0) is 14.1. The van der Waals surface area contributed by atoms with Crippen LogP contribution in [0.15, 0.2) is 22.7 Å². The molecule has 0 radical (unpaired) electrons. The van der Waals surface area contributed by atoms with Crippen LogP contribution in [0.2, 0.25) is 0 Å². The van der Waals surface area contributed by atoms with Crippen molar-refractivity contribution in [2.75, 3.05) is 33.0 Å². The molecule has 0 amide bonds. The highest BCUT2D eigenvalue weighted by Crippen LogP contribution is 2.28. The fourth-order valence-electron chi connectivity index (χ4n) is 1.78. The van der Waals surface area contributed by atoms with Crippen LogP contribution in [0.3, 0.4) is 0 Å². The lowest BCUT2D eigenvalue weighted by Gasteiger charge is -2.18. The summed E-state index contributed by atoms with van der Waals surface area (Å²) in [6.45, 7) is 6.45. The summed E-state index contributed by atoms with van der Waals surface area (Å²) in [6.07, 6.45) is 0. The number of benzene rings is 1. The van der Waals surface area contributed by atoms with Crippen LogP contribution in [-0.4, -0.2) is 38.1 Å². The average Bonchev–Trinajstić information content (AvgIpc) is 2.40. The molecule has 1 aromatic rings. The molecule has 0 aliphatic heterocycles.